The number of alkyl halides is 1. The zero-order valence-corrected chi connectivity index (χ0v) is 12.8. The summed E-state index contributed by atoms with van der Waals surface area (Å²) in [6, 6.07) is 10.4. The van der Waals surface area contributed by atoms with Gasteiger partial charge in [0.25, 0.3) is 0 Å². The van der Waals surface area contributed by atoms with E-state index in [-0.39, 0.29) is 10.9 Å². The molecule has 0 amide bonds. The first-order valence-corrected chi connectivity index (χ1v) is 7.73. The Morgan fingerprint density at radius 2 is 1.71 bits per heavy atom. The molecule has 110 valence electrons. The molecule has 0 bridgehead atoms. The van der Waals surface area contributed by atoms with E-state index in [4.69, 9.17) is 23.2 Å². The van der Waals surface area contributed by atoms with Crippen LogP contribution in [0.25, 0.3) is 0 Å². The predicted molar refractivity (Wildman–Crippen MR) is 81.9 cm³/mol. The Labute approximate surface area is 132 Å². The summed E-state index contributed by atoms with van der Waals surface area (Å²) in [6.45, 7) is 0. The maximum absolute atomic E-state index is 13.4. The second-order valence-corrected chi connectivity index (χ2v) is 6.34. The van der Waals surface area contributed by atoms with E-state index in [0.29, 0.717) is 5.56 Å². The van der Waals surface area contributed by atoms with Crippen LogP contribution in [0.15, 0.2) is 36.4 Å². The van der Waals surface area contributed by atoms with Crippen LogP contribution in [-0.4, -0.2) is 0 Å². The Bertz CT molecular complexity index is 670. The Morgan fingerprint density at radius 1 is 1.05 bits per heavy atom. The fourth-order valence-electron chi connectivity index (χ4n) is 2.98. The Balaban J connectivity index is 1.87. The van der Waals surface area contributed by atoms with Gasteiger partial charge in [-0.1, -0.05) is 35.9 Å². The van der Waals surface area contributed by atoms with E-state index in [1.165, 1.54) is 11.1 Å². The van der Waals surface area contributed by atoms with Gasteiger partial charge in [0.2, 0.25) is 0 Å². The lowest BCUT2D eigenvalue weighted by molar-refractivity contribution is 0.440. The van der Waals surface area contributed by atoms with Crippen LogP contribution in [0.2, 0.25) is 5.02 Å². The van der Waals surface area contributed by atoms with Crippen molar-refractivity contribution in [2.24, 2.45) is 5.92 Å². The second kappa shape index (κ2) is 5.94. The minimum Gasteiger partial charge on any atom is -0.204 e. The van der Waals surface area contributed by atoms with Crippen molar-refractivity contribution in [2.45, 2.75) is 24.6 Å². The summed E-state index contributed by atoms with van der Waals surface area (Å²) in [7, 11) is 0. The van der Waals surface area contributed by atoms with E-state index in [2.05, 4.69) is 12.1 Å². The first-order chi connectivity index (χ1) is 10.1. The maximum atomic E-state index is 13.4. The topological polar surface area (TPSA) is 0 Å². The molecule has 2 atom stereocenters. The molecule has 0 spiro atoms. The third-order valence-corrected chi connectivity index (χ3v) is 5.05. The number of halogens is 4. The minimum absolute atomic E-state index is 0.170. The Morgan fingerprint density at radius 3 is 2.48 bits per heavy atom. The molecule has 0 aromatic heterocycles. The zero-order chi connectivity index (χ0) is 15.0. The number of benzene rings is 2. The van der Waals surface area contributed by atoms with Gasteiger partial charge in [-0.05, 0) is 54.0 Å². The Kier molecular flexibility index (Phi) is 4.19. The summed E-state index contributed by atoms with van der Waals surface area (Å²) in [5.41, 5.74) is 3.09. The molecule has 4 heteroatoms. The standard InChI is InChI=1S/C17H14Cl2F2/c18-14-9-16(21)15(20)8-13(14)17(19)12-6-5-10-3-1-2-4-11(10)7-12/h1-4,8-9,12,17H,5-7H2. The minimum atomic E-state index is -0.943. The van der Waals surface area contributed by atoms with E-state index in [1.807, 2.05) is 12.1 Å². The molecule has 0 heterocycles. The van der Waals surface area contributed by atoms with Crippen LogP contribution in [0.5, 0.6) is 0 Å². The molecular weight excluding hydrogens is 313 g/mol. The number of aryl methyl sites for hydroxylation is 1. The zero-order valence-electron chi connectivity index (χ0n) is 11.3. The third kappa shape index (κ3) is 2.93. The van der Waals surface area contributed by atoms with E-state index in [0.717, 1.165) is 31.4 Å². The monoisotopic (exact) mass is 326 g/mol. The van der Waals surface area contributed by atoms with E-state index in [9.17, 15) is 8.78 Å². The number of hydrogen-bond donors (Lipinski definition) is 0. The maximum Gasteiger partial charge on any atom is 0.160 e. The molecule has 2 aromatic rings. The fourth-order valence-corrected chi connectivity index (χ4v) is 3.70. The van der Waals surface area contributed by atoms with Crippen molar-refractivity contribution in [3.8, 4) is 0 Å². The largest absolute Gasteiger partial charge is 0.204 e. The van der Waals surface area contributed by atoms with Gasteiger partial charge in [-0.3, -0.25) is 0 Å². The second-order valence-electron chi connectivity index (χ2n) is 5.46. The molecule has 1 aliphatic rings. The van der Waals surface area contributed by atoms with E-state index < -0.39 is 17.0 Å². The molecule has 2 unspecified atom stereocenters. The van der Waals surface area contributed by atoms with Gasteiger partial charge < -0.3 is 0 Å². The van der Waals surface area contributed by atoms with Crippen LogP contribution >= 0.6 is 23.2 Å². The first-order valence-electron chi connectivity index (χ1n) is 6.91. The van der Waals surface area contributed by atoms with Gasteiger partial charge >= 0.3 is 0 Å². The fraction of sp³-hybridized carbons (Fsp3) is 0.294. The molecule has 1 aliphatic carbocycles. The Hall–Kier alpha value is -1.12. The summed E-state index contributed by atoms with van der Waals surface area (Å²) in [6.07, 6.45) is 2.70. The quantitative estimate of drug-likeness (QED) is 0.490. The van der Waals surface area contributed by atoms with Crippen LogP contribution in [0.3, 0.4) is 0 Å². The normalized spacial score (nSPS) is 19.1. The molecule has 0 saturated heterocycles. The van der Waals surface area contributed by atoms with Gasteiger partial charge in [0.15, 0.2) is 11.6 Å². The molecule has 2 aromatic carbocycles. The highest BCUT2D eigenvalue weighted by Gasteiger charge is 2.28. The third-order valence-electron chi connectivity index (χ3n) is 4.14. The van der Waals surface area contributed by atoms with Gasteiger partial charge in [0.05, 0.1) is 5.38 Å². The van der Waals surface area contributed by atoms with Crippen molar-refractivity contribution in [3.05, 3.63) is 69.7 Å². The smallest absolute Gasteiger partial charge is 0.160 e. The van der Waals surface area contributed by atoms with Crippen molar-refractivity contribution >= 4 is 23.2 Å². The SMILES string of the molecule is Fc1cc(Cl)c(C(Cl)C2CCc3ccccc3C2)cc1F. The highest BCUT2D eigenvalue weighted by Crippen LogP contribution is 2.41. The molecule has 0 N–H and O–H groups in total. The van der Waals surface area contributed by atoms with E-state index in [1.54, 1.807) is 0 Å². The first kappa shape index (κ1) is 14.8. The van der Waals surface area contributed by atoms with Crippen LogP contribution < -0.4 is 0 Å². The summed E-state index contributed by atoms with van der Waals surface area (Å²) in [5, 5.41) is -0.228. The van der Waals surface area contributed by atoms with Crippen LogP contribution in [0.1, 0.15) is 28.5 Å². The molecule has 3 rings (SSSR count). The van der Waals surface area contributed by atoms with Gasteiger partial charge in [-0.15, -0.1) is 11.6 Å². The van der Waals surface area contributed by atoms with Crippen molar-refractivity contribution in [3.63, 3.8) is 0 Å². The van der Waals surface area contributed by atoms with Crippen LogP contribution in [-0.2, 0) is 12.8 Å². The summed E-state index contributed by atoms with van der Waals surface area (Å²) < 4.78 is 26.6. The van der Waals surface area contributed by atoms with Gasteiger partial charge in [-0.2, -0.15) is 0 Å². The average Bonchev–Trinajstić information content (AvgIpc) is 2.50. The molecule has 0 radical (unpaired) electrons. The van der Waals surface area contributed by atoms with E-state index >= 15 is 0 Å². The molecule has 0 aliphatic heterocycles. The highest BCUT2D eigenvalue weighted by atomic mass is 35.5. The molecule has 21 heavy (non-hydrogen) atoms. The average molecular weight is 327 g/mol. The predicted octanol–water partition coefficient (Wildman–Crippen LogP) is 5.70. The van der Waals surface area contributed by atoms with Gasteiger partial charge in [0.1, 0.15) is 0 Å². The molecule has 0 nitrogen and oxygen atoms in total. The molecule has 0 saturated carbocycles. The number of fused-ring (bicyclic) bond motifs is 1. The molecule has 0 fully saturated rings. The highest BCUT2D eigenvalue weighted by molar-refractivity contribution is 6.32. The summed E-state index contributed by atoms with van der Waals surface area (Å²) in [5.74, 6) is -1.68. The van der Waals surface area contributed by atoms with Crippen molar-refractivity contribution in [1.29, 1.82) is 0 Å². The summed E-state index contributed by atoms with van der Waals surface area (Å²) >= 11 is 12.5. The number of rotatable bonds is 2. The lowest BCUT2D eigenvalue weighted by Gasteiger charge is -2.28. The van der Waals surface area contributed by atoms with Crippen molar-refractivity contribution in [2.75, 3.05) is 0 Å². The lowest BCUT2D eigenvalue weighted by atomic mass is 9.80. The molecular formula is C17H14Cl2F2. The van der Waals surface area contributed by atoms with Crippen LogP contribution in [0.4, 0.5) is 8.78 Å². The van der Waals surface area contributed by atoms with Crippen LogP contribution in [0, 0.1) is 17.6 Å². The van der Waals surface area contributed by atoms with Crippen molar-refractivity contribution < 1.29 is 8.78 Å². The van der Waals surface area contributed by atoms with Gasteiger partial charge in [0, 0.05) is 5.02 Å². The van der Waals surface area contributed by atoms with Crippen molar-refractivity contribution in [1.82, 2.24) is 0 Å². The lowest BCUT2D eigenvalue weighted by Crippen LogP contribution is -2.19. The van der Waals surface area contributed by atoms with Gasteiger partial charge in [-0.25, -0.2) is 8.78 Å². The number of hydrogen-bond acceptors (Lipinski definition) is 0. The summed E-state index contributed by atoms with van der Waals surface area (Å²) in [4.78, 5) is 0.